The minimum atomic E-state index is -0.607. The van der Waals surface area contributed by atoms with Gasteiger partial charge in [-0.3, -0.25) is 4.84 Å². The lowest BCUT2D eigenvalue weighted by molar-refractivity contribution is -0.270. The Morgan fingerprint density at radius 2 is 1.93 bits per heavy atom. The van der Waals surface area contributed by atoms with Gasteiger partial charge in [0.25, 0.3) is 0 Å². The highest BCUT2D eigenvalue weighted by Crippen LogP contribution is 2.28. The number of thioether (sulfide) groups is 2. The minimum Gasteiger partial charge on any atom is -0.391 e. The van der Waals surface area contributed by atoms with E-state index in [0.29, 0.717) is 11.7 Å². The third kappa shape index (κ3) is 8.33. The lowest BCUT2D eigenvalue weighted by atomic mass is 10.0. The summed E-state index contributed by atoms with van der Waals surface area (Å²) in [6, 6.07) is -0.314. The van der Waals surface area contributed by atoms with Crippen molar-refractivity contribution in [2.75, 3.05) is 18.3 Å². The van der Waals surface area contributed by atoms with Gasteiger partial charge in [-0.15, -0.1) is 0 Å². The zero-order chi connectivity index (χ0) is 21.4. The molecule has 6 nitrogen and oxygen atoms in total. The van der Waals surface area contributed by atoms with Crippen molar-refractivity contribution in [1.29, 1.82) is 0 Å². The van der Waals surface area contributed by atoms with Gasteiger partial charge in [-0.25, -0.2) is 0 Å². The van der Waals surface area contributed by atoms with E-state index in [1.807, 2.05) is 25.6 Å². The van der Waals surface area contributed by atoms with E-state index in [4.69, 9.17) is 19.0 Å². The number of hydroxylamine groups is 1. The van der Waals surface area contributed by atoms with Gasteiger partial charge in [-0.05, 0) is 53.0 Å². The summed E-state index contributed by atoms with van der Waals surface area (Å²) in [5, 5.41) is 11.1. The van der Waals surface area contributed by atoms with E-state index in [2.05, 4.69) is 37.9 Å². The minimum absolute atomic E-state index is 0.0415. The summed E-state index contributed by atoms with van der Waals surface area (Å²) < 4.78 is 18.0. The molecule has 0 amide bonds. The molecule has 2 fully saturated rings. The number of ether oxygens (including phenoxy) is 3. The summed E-state index contributed by atoms with van der Waals surface area (Å²) in [5.74, 6) is 1.02. The van der Waals surface area contributed by atoms with Crippen LogP contribution in [0.5, 0.6) is 0 Å². The molecule has 2 aliphatic rings. The molecule has 2 heterocycles. The van der Waals surface area contributed by atoms with Gasteiger partial charge in [0.05, 0.1) is 30.5 Å². The van der Waals surface area contributed by atoms with Crippen molar-refractivity contribution in [2.24, 2.45) is 0 Å². The van der Waals surface area contributed by atoms with Crippen LogP contribution in [0.1, 0.15) is 53.4 Å². The molecule has 2 rings (SSSR count). The second-order valence-electron chi connectivity index (χ2n) is 8.11. The maximum atomic E-state index is 10.6. The standard InChI is InChI=1S/C21H39NO5S2/c1-13(9-10-28-5)11-14(2)24-20-12-17(23)21(16(4)26-20)22-27-19-8-7-18(29-6)15(3)25-19/h9,14-23H,7-8,10-12H2,1-6H3/b13-9-/t14-,15?,16?,17?,18-,19?,20?,21+/m0/s1. The van der Waals surface area contributed by atoms with E-state index < -0.39 is 12.4 Å². The molecule has 0 spiro atoms. The van der Waals surface area contributed by atoms with Crippen molar-refractivity contribution in [3.63, 3.8) is 0 Å². The first-order chi connectivity index (χ1) is 13.8. The molecule has 8 heteroatoms. The molecule has 0 radical (unpaired) electrons. The van der Waals surface area contributed by atoms with Crippen molar-refractivity contribution < 1.29 is 24.2 Å². The first-order valence-corrected chi connectivity index (χ1v) is 13.2. The van der Waals surface area contributed by atoms with Gasteiger partial charge < -0.3 is 19.3 Å². The van der Waals surface area contributed by atoms with Crippen molar-refractivity contribution >= 4 is 23.5 Å². The molecule has 0 aromatic rings. The Morgan fingerprint density at radius 3 is 2.55 bits per heavy atom. The quantitative estimate of drug-likeness (QED) is 0.386. The van der Waals surface area contributed by atoms with Gasteiger partial charge in [-0.2, -0.15) is 29.0 Å². The van der Waals surface area contributed by atoms with Crippen LogP contribution in [0.25, 0.3) is 0 Å². The van der Waals surface area contributed by atoms with Crippen molar-refractivity contribution in [1.82, 2.24) is 5.48 Å². The van der Waals surface area contributed by atoms with Crippen molar-refractivity contribution in [2.45, 2.75) is 102 Å². The average Bonchev–Trinajstić information content (AvgIpc) is 2.65. The second-order valence-corrected chi connectivity index (χ2v) is 10.1. The Hall–Kier alpha value is 0.200. The van der Waals surface area contributed by atoms with Crippen LogP contribution in [0.4, 0.5) is 0 Å². The molecule has 2 N–H and O–H groups in total. The molecule has 0 aliphatic carbocycles. The smallest absolute Gasteiger partial charge is 0.177 e. The Labute approximate surface area is 184 Å². The highest BCUT2D eigenvalue weighted by molar-refractivity contribution is 7.99. The van der Waals surface area contributed by atoms with E-state index >= 15 is 0 Å². The van der Waals surface area contributed by atoms with Crippen LogP contribution in [0, 0.1) is 0 Å². The van der Waals surface area contributed by atoms with Gasteiger partial charge >= 0.3 is 0 Å². The molecule has 0 saturated carbocycles. The van der Waals surface area contributed by atoms with E-state index in [1.165, 1.54) is 5.57 Å². The Morgan fingerprint density at radius 1 is 1.21 bits per heavy atom. The lowest BCUT2D eigenvalue weighted by Gasteiger charge is -2.40. The van der Waals surface area contributed by atoms with Gasteiger partial charge in [-0.1, -0.05) is 11.6 Å². The normalized spacial score (nSPS) is 37.5. The Bertz CT molecular complexity index is 497. The summed E-state index contributed by atoms with van der Waals surface area (Å²) in [7, 11) is 0. The van der Waals surface area contributed by atoms with Crippen LogP contribution >= 0.6 is 23.5 Å². The fourth-order valence-corrected chi connectivity index (χ4v) is 5.12. The van der Waals surface area contributed by atoms with Crippen molar-refractivity contribution in [3.8, 4) is 0 Å². The van der Waals surface area contributed by atoms with Crippen molar-refractivity contribution in [3.05, 3.63) is 11.6 Å². The van der Waals surface area contributed by atoms with E-state index in [9.17, 15) is 5.11 Å². The fraction of sp³-hybridized carbons (Fsp3) is 0.905. The monoisotopic (exact) mass is 449 g/mol. The van der Waals surface area contributed by atoms with E-state index in [1.54, 1.807) is 11.8 Å². The molecule has 170 valence electrons. The molecule has 0 aromatic carbocycles. The first kappa shape index (κ1) is 25.5. The Kier molecular flexibility index (Phi) is 11.3. The van der Waals surface area contributed by atoms with Crippen LogP contribution in [0.2, 0.25) is 0 Å². The van der Waals surface area contributed by atoms with E-state index in [0.717, 1.165) is 25.0 Å². The predicted octanol–water partition coefficient (Wildman–Crippen LogP) is 3.73. The molecule has 2 aliphatic heterocycles. The van der Waals surface area contributed by atoms with Gasteiger partial charge in [0.15, 0.2) is 12.6 Å². The summed E-state index contributed by atoms with van der Waals surface area (Å²) in [6.45, 7) is 8.19. The molecule has 29 heavy (non-hydrogen) atoms. The number of rotatable bonds is 10. The van der Waals surface area contributed by atoms with Crippen LogP contribution in [-0.2, 0) is 19.0 Å². The fourth-order valence-electron chi connectivity index (χ4n) is 3.85. The average molecular weight is 450 g/mol. The van der Waals surface area contributed by atoms with Crippen LogP contribution in [0.15, 0.2) is 11.6 Å². The number of hydrogen-bond donors (Lipinski definition) is 2. The van der Waals surface area contributed by atoms with Crippen LogP contribution < -0.4 is 5.48 Å². The molecule has 0 aromatic heterocycles. The maximum absolute atomic E-state index is 10.6. The third-order valence-corrected chi connectivity index (χ3v) is 7.25. The lowest BCUT2D eigenvalue weighted by Crippen LogP contribution is -2.56. The van der Waals surface area contributed by atoms with E-state index in [-0.39, 0.29) is 30.6 Å². The number of nitrogens with one attached hydrogen (secondary N) is 1. The second kappa shape index (κ2) is 12.9. The largest absolute Gasteiger partial charge is 0.391 e. The summed E-state index contributed by atoms with van der Waals surface area (Å²) in [6.07, 6.45) is 8.28. The Balaban J connectivity index is 1.75. The zero-order valence-corrected chi connectivity index (χ0v) is 20.3. The molecular weight excluding hydrogens is 410 g/mol. The van der Waals surface area contributed by atoms with Crippen LogP contribution in [0.3, 0.4) is 0 Å². The number of aliphatic hydroxyl groups is 1. The molecule has 2 saturated heterocycles. The SMILES string of the molecule is CSC/C=C(/C)C[C@H](C)OC1CC(O)[C@H](NOC2CC[C@H](SC)C(C)O2)C(C)O1. The highest BCUT2D eigenvalue weighted by atomic mass is 32.2. The van der Waals surface area contributed by atoms with Gasteiger partial charge in [0.2, 0.25) is 0 Å². The molecule has 0 bridgehead atoms. The first-order valence-electron chi connectivity index (χ1n) is 10.6. The summed E-state index contributed by atoms with van der Waals surface area (Å²) >= 11 is 3.64. The number of hydrogen-bond acceptors (Lipinski definition) is 8. The third-order valence-electron chi connectivity index (χ3n) is 5.53. The summed E-state index contributed by atoms with van der Waals surface area (Å²) in [4.78, 5) is 5.76. The summed E-state index contributed by atoms with van der Waals surface area (Å²) in [5.41, 5.74) is 4.31. The predicted molar refractivity (Wildman–Crippen MR) is 121 cm³/mol. The number of aliphatic hydroxyl groups excluding tert-OH is 1. The molecule has 5 unspecified atom stereocenters. The highest BCUT2D eigenvalue weighted by Gasteiger charge is 2.38. The molecular formula is C21H39NO5S2. The van der Waals surface area contributed by atoms with Gasteiger partial charge in [0, 0.05) is 23.8 Å². The zero-order valence-electron chi connectivity index (χ0n) is 18.6. The van der Waals surface area contributed by atoms with Gasteiger partial charge in [0.1, 0.15) is 0 Å². The maximum Gasteiger partial charge on any atom is 0.177 e. The molecule has 8 atom stereocenters. The topological polar surface area (TPSA) is 69.2 Å². The van der Waals surface area contributed by atoms with Crippen LogP contribution in [-0.4, -0.2) is 71.7 Å².